The molecular formula is C20H16N6. The Labute approximate surface area is 150 Å². The first-order valence-electron chi connectivity index (χ1n) is 8.32. The van der Waals surface area contributed by atoms with Crippen LogP contribution >= 0.6 is 0 Å². The number of hydrogen-bond donors (Lipinski definition) is 0. The molecule has 0 unspecified atom stereocenters. The lowest BCUT2D eigenvalue weighted by molar-refractivity contribution is 0.978. The van der Waals surface area contributed by atoms with E-state index in [-0.39, 0.29) is 0 Å². The van der Waals surface area contributed by atoms with Gasteiger partial charge in [-0.15, -0.1) is 0 Å². The van der Waals surface area contributed by atoms with Crippen molar-refractivity contribution in [1.82, 2.24) is 19.9 Å². The zero-order valence-electron chi connectivity index (χ0n) is 14.0. The fraction of sp³-hybridized carbons (Fsp3) is 0.100. The third-order valence-corrected chi connectivity index (χ3v) is 3.79. The first kappa shape index (κ1) is 16.0. The van der Waals surface area contributed by atoms with Crippen LogP contribution < -0.4 is 0 Å². The van der Waals surface area contributed by atoms with Crippen molar-refractivity contribution >= 4 is 34.2 Å². The van der Waals surface area contributed by atoms with Crippen molar-refractivity contribution in [2.24, 2.45) is 9.98 Å². The summed E-state index contributed by atoms with van der Waals surface area (Å²) in [5.74, 6) is 1.20. The number of benzene rings is 2. The lowest BCUT2D eigenvalue weighted by Gasteiger charge is -1.97. The van der Waals surface area contributed by atoms with Crippen molar-refractivity contribution in [2.75, 3.05) is 13.1 Å². The van der Waals surface area contributed by atoms with Gasteiger partial charge in [0.1, 0.15) is 0 Å². The Bertz CT molecular complexity index is 1010. The predicted molar refractivity (Wildman–Crippen MR) is 104 cm³/mol. The summed E-state index contributed by atoms with van der Waals surface area (Å²) in [6.07, 6.45) is 6.96. The van der Waals surface area contributed by atoms with Crippen molar-refractivity contribution in [2.45, 2.75) is 0 Å². The smallest absolute Gasteiger partial charge is 0.170 e. The van der Waals surface area contributed by atoms with E-state index >= 15 is 0 Å². The average molecular weight is 340 g/mol. The van der Waals surface area contributed by atoms with Gasteiger partial charge in [0.2, 0.25) is 0 Å². The summed E-state index contributed by atoms with van der Waals surface area (Å²) < 4.78 is 0. The van der Waals surface area contributed by atoms with Crippen LogP contribution in [0, 0.1) is 0 Å². The molecule has 0 aliphatic heterocycles. The molecule has 6 heteroatoms. The fourth-order valence-corrected chi connectivity index (χ4v) is 2.51. The molecule has 0 aliphatic carbocycles. The van der Waals surface area contributed by atoms with E-state index in [1.54, 1.807) is 24.8 Å². The maximum atomic E-state index is 4.45. The summed E-state index contributed by atoms with van der Waals surface area (Å²) in [6.45, 7) is 1.11. The minimum atomic E-state index is 0.556. The van der Waals surface area contributed by atoms with Crippen LogP contribution in [0.15, 0.2) is 70.9 Å². The van der Waals surface area contributed by atoms with Gasteiger partial charge in [0.15, 0.2) is 11.6 Å². The van der Waals surface area contributed by atoms with E-state index in [1.807, 2.05) is 48.5 Å². The minimum absolute atomic E-state index is 0.556. The lowest BCUT2D eigenvalue weighted by Crippen LogP contribution is -1.97. The first-order chi connectivity index (χ1) is 12.9. The zero-order valence-corrected chi connectivity index (χ0v) is 14.0. The summed E-state index contributed by atoms with van der Waals surface area (Å²) in [6, 6.07) is 15.7. The third-order valence-electron chi connectivity index (χ3n) is 3.79. The molecule has 0 atom stereocenters. The summed E-state index contributed by atoms with van der Waals surface area (Å²) >= 11 is 0. The van der Waals surface area contributed by atoms with Crippen LogP contribution in [0.25, 0.3) is 21.8 Å². The Morgan fingerprint density at radius 3 is 1.62 bits per heavy atom. The summed E-state index contributed by atoms with van der Waals surface area (Å²) in [5.41, 5.74) is 1.82. The van der Waals surface area contributed by atoms with Crippen LogP contribution in [0.5, 0.6) is 0 Å². The van der Waals surface area contributed by atoms with Gasteiger partial charge in [-0.2, -0.15) is 0 Å². The molecule has 6 nitrogen and oxygen atoms in total. The highest BCUT2D eigenvalue weighted by Gasteiger charge is 1.97. The molecule has 0 saturated carbocycles. The van der Waals surface area contributed by atoms with Gasteiger partial charge in [0, 0.05) is 23.2 Å². The number of hydrogen-bond acceptors (Lipinski definition) is 6. The fourth-order valence-electron chi connectivity index (χ4n) is 2.51. The SMILES string of the molecule is C(=N/CC/N=C\c1ncc2ccccc2n1)/c1ncc2ccccc2n1. The molecule has 126 valence electrons. The zero-order chi connectivity index (χ0) is 17.6. The van der Waals surface area contributed by atoms with Crippen molar-refractivity contribution in [3.8, 4) is 0 Å². The molecule has 4 rings (SSSR count). The molecule has 0 saturated heterocycles. The summed E-state index contributed by atoms with van der Waals surface area (Å²) in [7, 11) is 0. The Balaban J connectivity index is 1.34. The van der Waals surface area contributed by atoms with E-state index in [2.05, 4.69) is 29.9 Å². The Kier molecular flexibility index (Phi) is 4.64. The molecule has 0 bridgehead atoms. The minimum Gasteiger partial charge on any atom is -0.287 e. The van der Waals surface area contributed by atoms with Crippen LogP contribution in [-0.2, 0) is 0 Å². The quantitative estimate of drug-likeness (QED) is 0.413. The van der Waals surface area contributed by atoms with E-state index in [9.17, 15) is 0 Å². The molecule has 0 fully saturated rings. The second-order valence-corrected chi connectivity index (χ2v) is 5.64. The molecule has 0 aliphatic rings. The highest BCUT2D eigenvalue weighted by Crippen LogP contribution is 2.09. The second kappa shape index (κ2) is 7.57. The van der Waals surface area contributed by atoms with Crippen LogP contribution in [0.4, 0.5) is 0 Å². The van der Waals surface area contributed by atoms with Gasteiger partial charge in [-0.3, -0.25) is 9.98 Å². The van der Waals surface area contributed by atoms with Gasteiger partial charge in [-0.05, 0) is 12.1 Å². The van der Waals surface area contributed by atoms with Crippen molar-refractivity contribution < 1.29 is 0 Å². The van der Waals surface area contributed by atoms with Gasteiger partial charge >= 0.3 is 0 Å². The molecule has 0 radical (unpaired) electrons. The molecule has 0 N–H and O–H groups in total. The highest BCUT2D eigenvalue weighted by molar-refractivity contribution is 5.83. The molecule has 2 aromatic heterocycles. The largest absolute Gasteiger partial charge is 0.287 e. The molecule has 2 heterocycles. The van der Waals surface area contributed by atoms with Crippen molar-refractivity contribution in [3.63, 3.8) is 0 Å². The number of fused-ring (bicyclic) bond motifs is 2. The number of aromatic nitrogens is 4. The van der Waals surface area contributed by atoms with Gasteiger partial charge in [0.05, 0.1) is 36.6 Å². The van der Waals surface area contributed by atoms with Crippen LogP contribution in [0.2, 0.25) is 0 Å². The Morgan fingerprint density at radius 1 is 0.654 bits per heavy atom. The van der Waals surface area contributed by atoms with E-state index < -0.39 is 0 Å². The molecule has 2 aromatic carbocycles. The lowest BCUT2D eigenvalue weighted by atomic mass is 10.2. The maximum absolute atomic E-state index is 4.45. The van der Waals surface area contributed by atoms with Gasteiger partial charge in [-0.25, -0.2) is 19.9 Å². The van der Waals surface area contributed by atoms with Crippen molar-refractivity contribution in [1.29, 1.82) is 0 Å². The molecular weight excluding hydrogens is 324 g/mol. The topological polar surface area (TPSA) is 76.3 Å². The molecule has 4 aromatic rings. The Morgan fingerprint density at radius 2 is 1.12 bits per heavy atom. The normalized spacial score (nSPS) is 11.8. The standard InChI is InChI=1S/C20H16N6/c1-3-7-17-15(5-1)11-23-19(25-17)13-21-9-10-22-14-20-24-12-16-6-2-4-8-18(16)26-20/h1-8,11-14H,9-10H2/b21-13-,22-14-. The van der Waals surface area contributed by atoms with Crippen LogP contribution in [0.3, 0.4) is 0 Å². The van der Waals surface area contributed by atoms with Gasteiger partial charge in [-0.1, -0.05) is 36.4 Å². The van der Waals surface area contributed by atoms with Crippen molar-refractivity contribution in [3.05, 3.63) is 72.6 Å². The van der Waals surface area contributed by atoms with Crippen LogP contribution in [-0.4, -0.2) is 45.5 Å². The second-order valence-electron chi connectivity index (χ2n) is 5.64. The number of nitrogens with zero attached hydrogens (tertiary/aromatic N) is 6. The van der Waals surface area contributed by atoms with Crippen LogP contribution in [0.1, 0.15) is 11.6 Å². The molecule has 0 amide bonds. The van der Waals surface area contributed by atoms with E-state index in [1.165, 1.54) is 0 Å². The van der Waals surface area contributed by atoms with E-state index in [0.29, 0.717) is 24.7 Å². The van der Waals surface area contributed by atoms with E-state index in [0.717, 1.165) is 21.8 Å². The number of rotatable bonds is 5. The molecule has 0 spiro atoms. The third kappa shape index (κ3) is 3.75. The first-order valence-corrected chi connectivity index (χ1v) is 8.32. The van der Waals surface area contributed by atoms with Gasteiger partial charge < -0.3 is 0 Å². The van der Waals surface area contributed by atoms with Gasteiger partial charge in [0.25, 0.3) is 0 Å². The summed E-state index contributed by atoms with van der Waals surface area (Å²) in [4.78, 5) is 26.1. The molecule has 26 heavy (non-hydrogen) atoms. The Hall–Kier alpha value is -3.54. The monoisotopic (exact) mass is 340 g/mol. The van der Waals surface area contributed by atoms with E-state index in [4.69, 9.17) is 0 Å². The number of aliphatic imine (C=N–C) groups is 2. The maximum Gasteiger partial charge on any atom is 0.170 e. The highest BCUT2D eigenvalue weighted by atomic mass is 14.9. The average Bonchev–Trinajstić information content (AvgIpc) is 2.70. The summed E-state index contributed by atoms with van der Waals surface area (Å²) in [5, 5.41) is 2.04. The predicted octanol–water partition coefficient (Wildman–Crippen LogP) is 3.11. The number of para-hydroxylation sites is 2.